The third kappa shape index (κ3) is 3.56. The van der Waals surface area contributed by atoms with Crippen molar-refractivity contribution in [3.05, 3.63) is 69.4 Å². The van der Waals surface area contributed by atoms with E-state index in [9.17, 15) is 14.0 Å². The van der Waals surface area contributed by atoms with Gasteiger partial charge in [-0.1, -0.05) is 19.1 Å². The number of aryl methyl sites for hydroxylation is 1. The van der Waals surface area contributed by atoms with Gasteiger partial charge in [0, 0.05) is 18.0 Å². The van der Waals surface area contributed by atoms with Crippen LogP contribution in [0.4, 0.5) is 4.39 Å². The number of pyridine rings is 1. The van der Waals surface area contributed by atoms with Gasteiger partial charge in [0.15, 0.2) is 5.43 Å². The first-order valence-corrected chi connectivity index (χ1v) is 6.77. The summed E-state index contributed by atoms with van der Waals surface area (Å²) >= 11 is 0. The normalized spacial score (nSPS) is 12.0. The van der Waals surface area contributed by atoms with Crippen molar-refractivity contribution in [1.29, 1.82) is 0 Å². The number of nitrogens with one attached hydrogen (secondary N) is 2. The van der Waals surface area contributed by atoms with E-state index in [1.54, 1.807) is 19.1 Å². The Morgan fingerprint density at radius 3 is 2.57 bits per heavy atom. The molecule has 0 aliphatic heterocycles. The smallest absolute Gasteiger partial charge is 0.257 e. The van der Waals surface area contributed by atoms with E-state index in [1.165, 1.54) is 24.4 Å². The number of rotatable bonds is 4. The average Bonchev–Trinajstić information content (AvgIpc) is 2.45. The van der Waals surface area contributed by atoms with Crippen LogP contribution in [0.3, 0.4) is 0 Å². The molecule has 1 aromatic heterocycles. The fraction of sp³-hybridized carbons (Fsp3) is 0.250. The lowest BCUT2D eigenvalue weighted by atomic mass is 10.0. The van der Waals surface area contributed by atoms with Gasteiger partial charge in [0.2, 0.25) is 0 Å². The van der Waals surface area contributed by atoms with E-state index in [0.717, 1.165) is 5.56 Å². The summed E-state index contributed by atoms with van der Waals surface area (Å²) in [5.41, 5.74) is 1.25. The number of hydrogen-bond donors (Lipinski definition) is 2. The molecule has 1 aromatic carbocycles. The molecule has 21 heavy (non-hydrogen) atoms. The fourth-order valence-corrected chi connectivity index (χ4v) is 2.10. The molecule has 1 heterocycles. The van der Waals surface area contributed by atoms with Crippen LogP contribution >= 0.6 is 0 Å². The Morgan fingerprint density at radius 2 is 2.00 bits per heavy atom. The summed E-state index contributed by atoms with van der Waals surface area (Å²) in [5.74, 6) is -0.762. The Balaban J connectivity index is 2.20. The van der Waals surface area contributed by atoms with Crippen LogP contribution in [0.5, 0.6) is 0 Å². The standard InChI is InChI=1S/C16H17FN2O2/c1-3-14(11-4-6-12(17)7-5-11)19-16(21)13-9-18-10(2)8-15(13)20/h4-9,14H,3H2,1-2H3,(H,18,20)(H,19,21). The van der Waals surface area contributed by atoms with Gasteiger partial charge in [0.1, 0.15) is 11.4 Å². The second kappa shape index (κ2) is 6.35. The summed E-state index contributed by atoms with van der Waals surface area (Å²) in [7, 11) is 0. The number of carbonyl (C=O) groups is 1. The van der Waals surface area contributed by atoms with Gasteiger partial charge in [-0.05, 0) is 31.0 Å². The highest BCUT2D eigenvalue weighted by atomic mass is 19.1. The maximum atomic E-state index is 12.9. The maximum absolute atomic E-state index is 12.9. The quantitative estimate of drug-likeness (QED) is 0.908. The average molecular weight is 288 g/mol. The predicted molar refractivity (Wildman–Crippen MR) is 78.7 cm³/mol. The Labute approximate surface area is 122 Å². The van der Waals surface area contributed by atoms with Crippen LogP contribution < -0.4 is 10.7 Å². The highest BCUT2D eigenvalue weighted by molar-refractivity contribution is 5.94. The zero-order valence-electron chi connectivity index (χ0n) is 11.9. The largest absolute Gasteiger partial charge is 0.364 e. The van der Waals surface area contributed by atoms with Gasteiger partial charge in [-0.2, -0.15) is 0 Å². The number of aromatic nitrogens is 1. The molecule has 1 unspecified atom stereocenters. The molecule has 0 saturated carbocycles. The summed E-state index contributed by atoms with van der Waals surface area (Å²) in [4.78, 5) is 26.8. The van der Waals surface area contributed by atoms with Crippen LogP contribution in [-0.4, -0.2) is 10.9 Å². The molecule has 0 saturated heterocycles. The lowest BCUT2D eigenvalue weighted by molar-refractivity contribution is 0.0934. The van der Waals surface area contributed by atoms with E-state index in [1.807, 2.05) is 6.92 Å². The molecule has 1 atom stereocenters. The van der Waals surface area contributed by atoms with E-state index >= 15 is 0 Å². The van der Waals surface area contributed by atoms with Gasteiger partial charge in [-0.3, -0.25) is 9.59 Å². The zero-order valence-corrected chi connectivity index (χ0v) is 11.9. The van der Waals surface area contributed by atoms with Crippen molar-refractivity contribution >= 4 is 5.91 Å². The maximum Gasteiger partial charge on any atom is 0.257 e. The van der Waals surface area contributed by atoms with Crippen molar-refractivity contribution < 1.29 is 9.18 Å². The highest BCUT2D eigenvalue weighted by Gasteiger charge is 2.16. The topological polar surface area (TPSA) is 62.0 Å². The minimum Gasteiger partial charge on any atom is -0.364 e. The Kier molecular flexibility index (Phi) is 4.52. The summed E-state index contributed by atoms with van der Waals surface area (Å²) in [6, 6.07) is 7.07. The lowest BCUT2D eigenvalue weighted by Gasteiger charge is -2.17. The van der Waals surface area contributed by atoms with Gasteiger partial charge < -0.3 is 10.3 Å². The molecule has 110 valence electrons. The van der Waals surface area contributed by atoms with Gasteiger partial charge in [0.05, 0.1) is 6.04 Å². The first kappa shape index (κ1) is 15.0. The molecule has 0 aliphatic rings. The SMILES string of the molecule is CCC(NC(=O)c1c[nH]c(C)cc1=O)c1ccc(F)cc1. The van der Waals surface area contributed by atoms with Crippen molar-refractivity contribution in [2.45, 2.75) is 26.3 Å². The molecular formula is C16H17FN2O2. The van der Waals surface area contributed by atoms with Crippen LogP contribution in [0.1, 0.15) is 41.0 Å². The highest BCUT2D eigenvalue weighted by Crippen LogP contribution is 2.17. The Hall–Kier alpha value is -2.43. The summed E-state index contributed by atoms with van der Waals surface area (Å²) in [5, 5.41) is 2.80. The summed E-state index contributed by atoms with van der Waals surface area (Å²) in [6.45, 7) is 3.66. The van der Waals surface area contributed by atoms with Crippen molar-refractivity contribution in [2.75, 3.05) is 0 Å². The van der Waals surface area contributed by atoms with Gasteiger partial charge in [0.25, 0.3) is 5.91 Å². The van der Waals surface area contributed by atoms with E-state index in [4.69, 9.17) is 0 Å². The van der Waals surface area contributed by atoms with Crippen LogP contribution in [0.2, 0.25) is 0 Å². The molecule has 2 aromatic rings. The number of hydrogen-bond acceptors (Lipinski definition) is 2. The van der Waals surface area contributed by atoms with Gasteiger partial charge in [-0.25, -0.2) is 4.39 Å². The molecule has 2 rings (SSSR count). The second-order valence-corrected chi connectivity index (χ2v) is 4.88. The van der Waals surface area contributed by atoms with Crippen molar-refractivity contribution in [3.8, 4) is 0 Å². The van der Waals surface area contributed by atoms with Crippen LogP contribution in [0.15, 0.2) is 41.3 Å². The van der Waals surface area contributed by atoms with Crippen LogP contribution in [0.25, 0.3) is 0 Å². The zero-order chi connectivity index (χ0) is 15.4. The number of aromatic amines is 1. The fourth-order valence-electron chi connectivity index (χ4n) is 2.10. The Bertz CT molecular complexity index is 692. The van der Waals surface area contributed by atoms with Crippen LogP contribution in [0, 0.1) is 12.7 Å². The van der Waals surface area contributed by atoms with E-state index in [0.29, 0.717) is 12.1 Å². The molecule has 0 aliphatic carbocycles. The second-order valence-electron chi connectivity index (χ2n) is 4.88. The van der Waals surface area contributed by atoms with Crippen molar-refractivity contribution in [2.24, 2.45) is 0 Å². The number of benzene rings is 1. The molecule has 2 N–H and O–H groups in total. The monoisotopic (exact) mass is 288 g/mol. The molecule has 0 radical (unpaired) electrons. The first-order chi connectivity index (χ1) is 10.0. The summed E-state index contributed by atoms with van der Waals surface area (Å²) < 4.78 is 12.9. The van der Waals surface area contributed by atoms with E-state index in [2.05, 4.69) is 10.3 Å². The number of amides is 1. The molecular weight excluding hydrogens is 271 g/mol. The van der Waals surface area contributed by atoms with E-state index in [-0.39, 0.29) is 22.9 Å². The third-order valence-electron chi connectivity index (χ3n) is 3.29. The van der Waals surface area contributed by atoms with Crippen molar-refractivity contribution in [3.63, 3.8) is 0 Å². The number of halogens is 1. The van der Waals surface area contributed by atoms with Crippen LogP contribution in [-0.2, 0) is 0 Å². The van der Waals surface area contributed by atoms with Crippen molar-refractivity contribution in [1.82, 2.24) is 10.3 Å². The first-order valence-electron chi connectivity index (χ1n) is 6.77. The molecule has 1 amide bonds. The van der Waals surface area contributed by atoms with E-state index < -0.39 is 5.91 Å². The van der Waals surface area contributed by atoms with Gasteiger partial charge in [-0.15, -0.1) is 0 Å². The molecule has 0 spiro atoms. The molecule has 0 fully saturated rings. The molecule has 5 heteroatoms. The molecule has 0 bridgehead atoms. The summed E-state index contributed by atoms with van der Waals surface area (Å²) in [6.07, 6.45) is 2.05. The third-order valence-corrected chi connectivity index (χ3v) is 3.29. The molecule has 4 nitrogen and oxygen atoms in total. The predicted octanol–water partition coefficient (Wildman–Crippen LogP) is 2.70. The van der Waals surface area contributed by atoms with Gasteiger partial charge >= 0.3 is 0 Å². The Morgan fingerprint density at radius 1 is 1.33 bits per heavy atom. The lowest BCUT2D eigenvalue weighted by Crippen LogP contribution is -2.32. The minimum atomic E-state index is -0.438. The minimum absolute atomic E-state index is 0.0705. The number of H-pyrrole nitrogens is 1. The number of carbonyl (C=O) groups excluding carboxylic acids is 1.